The Bertz CT molecular complexity index is 465. The number of piperidine rings is 1. The highest BCUT2D eigenvalue weighted by Crippen LogP contribution is 2.25. The SMILES string of the molecule is CCC(=O)CCCC(=O)N1CCN(CC2(O)CCN(C(C)C)CC2)CC1. The smallest absolute Gasteiger partial charge is 0.222 e. The predicted molar refractivity (Wildman–Crippen MR) is 103 cm³/mol. The van der Waals surface area contributed by atoms with Crippen LogP contribution in [0.4, 0.5) is 0 Å². The Morgan fingerprint density at radius 3 is 2.15 bits per heavy atom. The number of amides is 1. The van der Waals surface area contributed by atoms with E-state index in [0.717, 1.165) is 52.1 Å². The lowest BCUT2D eigenvalue weighted by Gasteiger charge is -2.44. The van der Waals surface area contributed by atoms with Gasteiger partial charge in [0.05, 0.1) is 5.60 Å². The van der Waals surface area contributed by atoms with Crippen LogP contribution in [0.2, 0.25) is 0 Å². The summed E-state index contributed by atoms with van der Waals surface area (Å²) >= 11 is 0. The lowest BCUT2D eigenvalue weighted by Crippen LogP contribution is -2.56. The summed E-state index contributed by atoms with van der Waals surface area (Å²) in [7, 11) is 0. The van der Waals surface area contributed by atoms with Gasteiger partial charge in [0.25, 0.3) is 0 Å². The fraction of sp³-hybridized carbons (Fsp3) is 0.900. The summed E-state index contributed by atoms with van der Waals surface area (Å²) in [5.74, 6) is 0.400. The summed E-state index contributed by atoms with van der Waals surface area (Å²) in [5, 5.41) is 10.9. The third-order valence-electron chi connectivity index (χ3n) is 5.94. The molecule has 6 nitrogen and oxygen atoms in total. The molecule has 6 heteroatoms. The second-order valence-corrected chi connectivity index (χ2v) is 8.26. The average Bonchev–Trinajstić information content (AvgIpc) is 2.62. The van der Waals surface area contributed by atoms with Crippen LogP contribution in [0.15, 0.2) is 0 Å². The number of likely N-dealkylation sites (tertiary alicyclic amines) is 1. The van der Waals surface area contributed by atoms with Crippen LogP contribution in [0.25, 0.3) is 0 Å². The molecule has 0 aromatic carbocycles. The van der Waals surface area contributed by atoms with E-state index in [9.17, 15) is 14.7 Å². The van der Waals surface area contributed by atoms with Gasteiger partial charge in [-0.05, 0) is 33.1 Å². The van der Waals surface area contributed by atoms with E-state index >= 15 is 0 Å². The van der Waals surface area contributed by atoms with Crippen molar-refractivity contribution in [3.05, 3.63) is 0 Å². The third-order valence-corrected chi connectivity index (χ3v) is 5.94. The summed E-state index contributed by atoms with van der Waals surface area (Å²) in [6.07, 6.45) is 3.87. The summed E-state index contributed by atoms with van der Waals surface area (Å²) in [6, 6.07) is 0.543. The molecule has 0 aromatic heterocycles. The van der Waals surface area contributed by atoms with Crippen LogP contribution in [-0.4, -0.2) is 89.0 Å². The molecule has 2 aliphatic rings. The lowest BCUT2D eigenvalue weighted by atomic mass is 9.90. The van der Waals surface area contributed by atoms with Crippen molar-refractivity contribution in [2.75, 3.05) is 45.8 Å². The fourth-order valence-corrected chi connectivity index (χ4v) is 3.96. The first-order valence-electron chi connectivity index (χ1n) is 10.3. The number of aliphatic hydroxyl groups is 1. The molecule has 0 radical (unpaired) electrons. The molecule has 2 heterocycles. The summed E-state index contributed by atoms with van der Waals surface area (Å²) in [4.78, 5) is 30.2. The number of piperazine rings is 1. The monoisotopic (exact) mass is 367 g/mol. The lowest BCUT2D eigenvalue weighted by molar-refractivity contribution is -0.133. The van der Waals surface area contributed by atoms with Crippen molar-refractivity contribution in [2.45, 2.75) is 70.9 Å². The van der Waals surface area contributed by atoms with Gasteiger partial charge in [0.2, 0.25) is 5.91 Å². The van der Waals surface area contributed by atoms with Crippen molar-refractivity contribution >= 4 is 11.7 Å². The number of β-amino-alcohol motifs (C(OH)–C–C–N with tert-alkyl or cyclic N) is 1. The molecule has 0 aliphatic carbocycles. The van der Waals surface area contributed by atoms with Crippen molar-refractivity contribution < 1.29 is 14.7 Å². The first-order valence-corrected chi connectivity index (χ1v) is 10.3. The van der Waals surface area contributed by atoms with Gasteiger partial charge in [-0.15, -0.1) is 0 Å². The van der Waals surface area contributed by atoms with Crippen LogP contribution in [0.3, 0.4) is 0 Å². The zero-order valence-electron chi connectivity index (χ0n) is 16.9. The number of carbonyl (C=O) groups is 2. The van der Waals surface area contributed by atoms with Gasteiger partial charge in [-0.3, -0.25) is 14.5 Å². The number of carbonyl (C=O) groups excluding carboxylic acids is 2. The van der Waals surface area contributed by atoms with E-state index in [1.165, 1.54) is 0 Å². The van der Waals surface area contributed by atoms with Crippen molar-refractivity contribution in [3.8, 4) is 0 Å². The molecule has 1 amide bonds. The molecule has 1 N–H and O–H groups in total. The molecule has 150 valence electrons. The zero-order valence-corrected chi connectivity index (χ0v) is 16.9. The molecular weight excluding hydrogens is 330 g/mol. The number of rotatable bonds is 8. The van der Waals surface area contributed by atoms with Gasteiger partial charge in [0.1, 0.15) is 5.78 Å². The third kappa shape index (κ3) is 6.32. The molecule has 0 bridgehead atoms. The maximum Gasteiger partial charge on any atom is 0.222 e. The highest BCUT2D eigenvalue weighted by Gasteiger charge is 2.35. The first-order chi connectivity index (χ1) is 12.3. The number of Topliss-reactive ketones (excluding diaryl/α,β-unsaturated/α-hetero) is 1. The van der Waals surface area contributed by atoms with E-state index < -0.39 is 5.60 Å². The fourth-order valence-electron chi connectivity index (χ4n) is 3.96. The maximum atomic E-state index is 12.3. The minimum Gasteiger partial charge on any atom is -0.388 e. The minimum absolute atomic E-state index is 0.164. The Morgan fingerprint density at radius 1 is 1.00 bits per heavy atom. The molecule has 2 fully saturated rings. The highest BCUT2D eigenvalue weighted by atomic mass is 16.3. The second kappa shape index (κ2) is 9.81. The van der Waals surface area contributed by atoms with Gasteiger partial charge in [-0.1, -0.05) is 6.92 Å². The molecule has 2 saturated heterocycles. The van der Waals surface area contributed by atoms with Crippen LogP contribution in [0, 0.1) is 0 Å². The van der Waals surface area contributed by atoms with Crippen molar-refractivity contribution in [1.29, 1.82) is 0 Å². The Morgan fingerprint density at radius 2 is 1.62 bits per heavy atom. The van der Waals surface area contributed by atoms with E-state index in [2.05, 4.69) is 23.6 Å². The second-order valence-electron chi connectivity index (χ2n) is 8.26. The molecule has 2 aliphatic heterocycles. The largest absolute Gasteiger partial charge is 0.388 e. The van der Waals surface area contributed by atoms with Crippen LogP contribution < -0.4 is 0 Å². The van der Waals surface area contributed by atoms with Crippen LogP contribution >= 0.6 is 0 Å². The summed E-state index contributed by atoms with van der Waals surface area (Å²) in [6.45, 7) is 12.0. The number of ketones is 1. The average molecular weight is 368 g/mol. The number of hydrogen-bond donors (Lipinski definition) is 1. The molecule has 0 atom stereocenters. The van der Waals surface area contributed by atoms with E-state index in [0.29, 0.717) is 38.3 Å². The number of hydrogen-bond acceptors (Lipinski definition) is 5. The minimum atomic E-state index is -0.585. The quantitative estimate of drug-likeness (QED) is 0.705. The van der Waals surface area contributed by atoms with E-state index in [-0.39, 0.29) is 11.7 Å². The molecule has 2 rings (SSSR count). The molecule has 26 heavy (non-hydrogen) atoms. The number of nitrogens with zero attached hydrogens (tertiary/aromatic N) is 3. The van der Waals surface area contributed by atoms with Crippen molar-refractivity contribution in [2.24, 2.45) is 0 Å². The summed E-state index contributed by atoms with van der Waals surface area (Å²) in [5.41, 5.74) is -0.585. The van der Waals surface area contributed by atoms with Crippen LogP contribution in [-0.2, 0) is 9.59 Å². The van der Waals surface area contributed by atoms with E-state index in [1.807, 2.05) is 11.8 Å². The van der Waals surface area contributed by atoms with Gasteiger partial charge in [-0.2, -0.15) is 0 Å². The van der Waals surface area contributed by atoms with Crippen LogP contribution in [0.1, 0.15) is 59.3 Å². The molecule has 0 unspecified atom stereocenters. The van der Waals surface area contributed by atoms with Gasteiger partial charge in [0.15, 0.2) is 0 Å². The van der Waals surface area contributed by atoms with Crippen molar-refractivity contribution in [1.82, 2.24) is 14.7 Å². The van der Waals surface area contributed by atoms with E-state index in [1.54, 1.807) is 0 Å². The predicted octanol–water partition coefficient (Wildman–Crippen LogP) is 1.52. The Balaban J connectivity index is 1.68. The van der Waals surface area contributed by atoms with E-state index in [4.69, 9.17) is 0 Å². The normalized spacial score (nSPS) is 22.0. The zero-order chi connectivity index (χ0) is 19.2. The Kier molecular flexibility index (Phi) is 8.05. The first kappa shape index (κ1) is 21.3. The molecular formula is C20H37N3O3. The van der Waals surface area contributed by atoms with Gasteiger partial charge >= 0.3 is 0 Å². The Hall–Kier alpha value is -0.980. The molecule has 0 spiro atoms. The van der Waals surface area contributed by atoms with Crippen molar-refractivity contribution in [3.63, 3.8) is 0 Å². The van der Waals surface area contributed by atoms with Crippen LogP contribution in [0.5, 0.6) is 0 Å². The van der Waals surface area contributed by atoms with Gasteiger partial charge in [0, 0.05) is 71.1 Å². The molecule has 0 aromatic rings. The van der Waals surface area contributed by atoms with Gasteiger partial charge < -0.3 is 14.9 Å². The maximum absolute atomic E-state index is 12.3. The topological polar surface area (TPSA) is 64.1 Å². The summed E-state index contributed by atoms with van der Waals surface area (Å²) < 4.78 is 0. The highest BCUT2D eigenvalue weighted by molar-refractivity contribution is 5.80. The Labute approximate surface area is 158 Å². The van der Waals surface area contributed by atoms with Gasteiger partial charge in [-0.25, -0.2) is 0 Å². The molecule has 0 saturated carbocycles. The standard InChI is InChI=1S/C20H37N3O3/c1-4-18(24)6-5-7-19(25)23-14-12-21(13-15-23)16-20(26)8-10-22(11-9-20)17(2)3/h17,26H,4-16H2,1-3H3.